The maximum absolute atomic E-state index is 13.3. The second-order valence-electron chi connectivity index (χ2n) is 5.33. The lowest BCUT2D eigenvalue weighted by Gasteiger charge is -2.31. The van der Waals surface area contributed by atoms with Crippen molar-refractivity contribution in [3.63, 3.8) is 0 Å². The summed E-state index contributed by atoms with van der Waals surface area (Å²) in [6.07, 6.45) is 3.08. The van der Waals surface area contributed by atoms with Gasteiger partial charge in [0.2, 0.25) is 5.91 Å². The van der Waals surface area contributed by atoms with Gasteiger partial charge in [0.15, 0.2) is 11.6 Å². The standard InChI is InChI=1S/C16H23FN2O2.ClH/c1-18-13-8-10-19(11-9-13)16(20)7-4-12-21-15-6-3-2-5-14(15)17;/h2-3,5-6,13,18H,4,7-12H2,1H3;1H. The summed E-state index contributed by atoms with van der Waals surface area (Å²) >= 11 is 0. The molecule has 1 aromatic carbocycles. The molecular formula is C16H24ClFN2O2. The molecular weight excluding hydrogens is 307 g/mol. The fraction of sp³-hybridized carbons (Fsp3) is 0.562. The first-order valence-corrected chi connectivity index (χ1v) is 7.53. The lowest BCUT2D eigenvalue weighted by Crippen LogP contribution is -2.43. The monoisotopic (exact) mass is 330 g/mol. The fourth-order valence-corrected chi connectivity index (χ4v) is 2.54. The number of piperidine rings is 1. The summed E-state index contributed by atoms with van der Waals surface area (Å²) in [5, 5.41) is 3.25. The molecule has 0 bridgehead atoms. The fourth-order valence-electron chi connectivity index (χ4n) is 2.54. The van der Waals surface area contributed by atoms with Crippen molar-refractivity contribution < 1.29 is 13.9 Å². The first-order valence-electron chi connectivity index (χ1n) is 7.53. The number of para-hydroxylation sites is 1. The summed E-state index contributed by atoms with van der Waals surface area (Å²) in [4.78, 5) is 14.0. The van der Waals surface area contributed by atoms with Gasteiger partial charge < -0.3 is 15.0 Å². The van der Waals surface area contributed by atoms with Gasteiger partial charge in [0.1, 0.15) is 0 Å². The van der Waals surface area contributed by atoms with Gasteiger partial charge in [0, 0.05) is 25.6 Å². The first kappa shape index (κ1) is 18.7. The number of benzene rings is 1. The Morgan fingerprint density at radius 3 is 2.68 bits per heavy atom. The zero-order valence-corrected chi connectivity index (χ0v) is 13.7. The number of nitrogens with zero attached hydrogens (tertiary/aromatic N) is 1. The van der Waals surface area contributed by atoms with Gasteiger partial charge in [-0.1, -0.05) is 12.1 Å². The third kappa shape index (κ3) is 5.46. The van der Waals surface area contributed by atoms with E-state index in [1.807, 2.05) is 11.9 Å². The van der Waals surface area contributed by atoms with Crippen LogP contribution in [0, 0.1) is 5.82 Å². The first-order chi connectivity index (χ1) is 10.2. The van der Waals surface area contributed by atoms with Crippen molar-refractivity contribution >= 4 is 18.3 Å². The molecule has 1 amide bonds. The molecule has 2 rings (SSSR count). The molecule has 1 saturated heterocycles. The summed E-state index contributed by atoms with van der Waals surface area (Å²) in [6.45, 7) is 2.00. The van der Waals surface area contributed by atoms with E-state index < -0.39 is 0 Å². The summed E-state index contributed by atoms with van der Waals surface area (Å²) in [5.41, 5.74) is 0. The van der Waals surface area contributed by atoms with Crippen LogP contribution in [0.15, 0.2) is 24.3 Å². The summed E-state index contributed by atoms with van der Waals surface area (Å²) in [7, 11) is 1.96. The van der Waals surface area contributed by atoms with Crippen LogP contribution in [0.1, 0.15) is 25.7 Å². The molecule has 1 heterocycles. The third-order valence-electron chi connectivity index (χ3n) is 3.89. The van der Waals surface area contributed by atoms with Crippen LogP contribution < -0.4 is 10.1 Å². The van der Waals surface area contributed by atoms with Gasteiger partial charge in [-0.05, 0) is 38.4 Å². The summed E-state index contributed by atoms with van der Waals surface area (Å²) in [5.74, 6) is 0.0550. The van der Waals surface area contributed by atoms with Crippen LogP contribution in [0.5, 0.6) is 5.75 Å². The van der Waals surface area contributed by atoms with Gasteiger partial charge in [0.05, 0.1) is 6.61 Å². The molecule has 0 atom stereocenters. The third-order valence-corrected chi connectivity index (χ3v) is 3.89. The molecule has 0 aromatic heterocycles. The predicted molar refractivity (Wildman–Crippen MR) is 87.0 cm³/mol. The van der Waals surface area contributed by atoms with E-state index in [-0.39, 0.29) is 29.9 Å². The number of hydrogen-bond donors (Lipinski definition) is 1. The Labute approximate surface area is 137 Å². The van der Waals surface area contributed by atoms with Gasteiger partial charge in [-0.25, -0.2) is 4.39 Å². The zero-order valence-electron chi connectivity index (χ0n) is 12.9. The van der Waals surface area contributed by atoms with E-state index in [9.17, 15) is 9.18 Å². The van der Waals surface area contributed by atoms with Gasteiger partial charge in [-0.15, -0.1) is 12.4 Å². The van der Waals surface area contributed by atoms with Crippen LogP contribution in [0.4, 0.5) is 4.39 Å². The Balaban J connectivity index is 0.00000242. The number of amides is 1. The van der Waals surface area contributed by atoms with E-state index in [0.717, 1.165) is 25.9 Å². The Bertz CT molecular complexity index is 465. The smallest absolute Gasteiger partial charge is 0.222 e. The van der Waals surface area contributed by atoms with E-state index in [4.69, 9.17) is 4.74 Å². The van der Waals surface area contributed by atoms with Crippen molar-refractivity contribution in [3.05, 3.63) is 30.1 Å². The maximum Gasteiger partial charge on any atom is 0.222 e. The molecule has 1 fully saturated rings. The number of rotatable bonds is 6. The Hall–Kier alpha value is -1.33. The van der Waals surface area contributed by atoms with Crippen molar-refractivity contribution in [2.24, 2.45) is 0 Å². The SMILES string of the molecule is CNC1CCN(C(=O)CCCOc2ccccc2F)CC1.Cl. The van der Waals surface area contributed by atoms with E-state index in [1.54, 1.807) is 18.2 Å². The average molecular weight is 331 g/mol. The largest absolute Gasteiger partial charge is 0.491 e. The quantitative estimate of drug-likeness (QED) is 0.815. The Morgan fingerprint density at radius 1 is 1.36 bits per heavy atom. The minimum atomic E-state index is -0.363. The molecule has 124 valence electrons. The molecule has 0 radical (unpaired) electrons. The highest BCUT2D eigenvalue weighted by molar-refractivity contribution is 5.85. The lowest BCUT2D eigenvalue weighted by molar-refractivity contribution is -0.132. The van der Waals surface area contributed by atoms with Crippen molar-refractivity contribution in [3.8, 4) is 5.75 Å². The number of halogens is 2. The molecule has 1 aromatic rings. The minimum absolute atomic E-state index is 0. The number of likely N-dealkylation sites (tertiary alicyclic amines) is 1. The van der Waals surface area contributed by atoms with Crippen LogP contribution >= 0.6 is 12.4 Å². The Kier molecular flexibility index (Phi) is 8.20. The molecule has 22 heavy (non-hydrogen) atoms. The minimum Gasteiger partial charge on any atom is -0.491 e. The molecule has 4 nitrogen and oxygen atoms in total. The van der Waals surface area contributed by atoms with Gasteiger partial charge in [-0.3, -0.25) is 4.79 Å². The lowest BCUT2D eigenvalue weighted by atomic mass is 10.0. The molecule has 0 spiro atoms. The average Bonchev–Trinajstić information content (AvgIpc) is 2.53. The van der Waals surface area contributed by atoms with Crippen LogP contribution in [-0.2, 0) is 4.79 Å². The van der Waals surface area contributed by atoms with E-state index >= 15 is 0 Å². The molecule has 6 heteroatoms. The number of hydrogen-bond acceptors (Lipinski definition) is 3. The van der Waals surface area contributed by atoms with Gasteiger partial charge in [0.25, 0.3) is 0 Å². The van der Waals surface area contributed by atoms with Gasteiger partial charge >= 0.3 is 0 Å². The number of carbonyl (C=O) groups is 1. The van der Waals surface area contributed by atoms with E-state index in [1.165, 1.54) is 6.07 Å². The van der Waals surface area contributed by atoms with Crippen molar-refractivity contribution in [2.75, 3.05) is 26.7 Å². The molecule has 1 N–H and O–H groups in total. The van der Waals surface area contributed by atoms with Crippen molar-refractivity contribution in [1.29, 1.82) is 0 Å². The van der Waals surface area contributed by atoms with Crippen LogP contribution in [-0.4, -0.2) is 43.6 Å². The number of carbonyl (C=O) groups excluding carboxylic acids is 1. The molecule has 0 saturated carbocycles. The number of ether oxygens (including phenoxy) is 1. The van der Waals surface area contributed by atoms with Crippen LogP contribution in [0.3, 0.4) is 0 Å². The topological polar surface area (TPSA) is 41.6 Å². The molecule has 0 unspecified atom stereocenters. The van der Waals surface area contributed by atoms with Gasteiger partial charge in [-0.2, -0.15) is 0 Å². The summed E-state index contributed by atoms with van der Waals surface area (Å²) in [6, 6.07) is 6.85. The predicted octanol–water partition coefficient (Wildman–Crippen LogP) is 2.62. The highest BCUT2D eigenvalue weighted by Crippen LogP contribution is 2.16. The van der Waals surface area contributed by atoms with E-state index in [0.29, 0.717) is 25.5 Å². The Morgan fingerprint density at radius 2 is 2.05 bits per heavy atom. The highest BCUT2D eigenvalue weighted by Gasteiger charge is 2.21. The maximum atomic E-state index is 13.3. The zero-order chi connectivity index (χ0) is 15.1. The molecule has 1 aliphatic heterocycles. The molecule has 0 aliphatic carbocycles. The summed E-state index contributed by atoms with van der Waals surface area (Å²) < 4.78 is 18.7. The van der Waals surface area contributed by atoms with E-state index in [2.05, 4.69) is 5.32 Å². The highest BCUT2D eigenvalue weighted by atomic mass is 35.5. The molecule has 1 aliphatic rings. The van der Waals surface area contributed by atoms with Crippen molar-refractivity contribution in [1.82, 2.24) is 10.2 Å². The number of nitrogens with one attached hydrogen (secondary N) is 1. The van der Waals surface area contributed by atoms with Crippen LogP contribution in [0.25, 0.3) is 0 Å². The van der Waals surface area contributed by atoms with Crippen LogP contribution in [0.2, 0.25) is 0 Å². The normalized spacial score (nSPS) is 15.3. The second kappa shape index (κ2) is 9.64. The second-order valence-corrected chi connectivity index (χ2v) is 5.33. The van der Waals surface area contributed by atoms with Crippen molar-refractivity contribution in [2.45, 2.75) is 31.7 Å².